The fraction of sp³-hybridized carbons (Fsp3) is 0.318. The fourth-order valence-corrected chi connectivity index (χ4v) is 3.35. The summed E-state index contributed by atoms with van der Waals surface area (Å²) >= 11 is 0. The van der Waals surface area contributed by atoms with E-state index in [1.165, 1.54) is 48.5 Å². The summed E-state index contributed by atoms with van der Waals surface area (Å²) in [6.07, 6.45) is -7.12. The zero-order valence-electron chi connectivity index (χ0n) is 16.4. The fourth-order valence-electron chi connectivity index (χ4n) is 3.35. The van der Waals surface area contributed by atoms with Gasteiger partial charge in [0, 0.05) is 18.9 Å². The lowest BCUT2D eigenvalue weighted by Crippen LogP contribution is -2.31. The molecule has 2 unspecified atom stereocenters. The monoisotopic (exact) mass is 454 g/mol. The number of ether oxygens (including phenoxy) is 1. The quantitative estimate of drug-likeness (QED) is 0.450. The van der Waals surface area contributed by atoms with E-state index in [-0.39, 0.29) is 24.2 Å². The van der Waals surface area contributed by atoms with Crippen molar-refractivity contribution in [1.29, 1.82) is 0 Å². The van der Waals surface area contributed by atoms with Crippen molar-refractivity contribution in [1.82, 2.24) is 0 Å². The molecule has 168 valence electrons. The van der Waals surface area contributed by atoms with Crippen LogP contribution in [0.4, 0.5) is 26.3 Å². The van der Waals surface area contributed by atoms with Gasteiger partial charge in [-0.3, -0.25) is 14.8 Å². The van der Waals surface area contributed by atoms with E-state index in [1.807, 2.05) is 0 Å². The van der Waals surface area contributed by atoms with Crippen molar-refractivity contribution in [2.45, 2.75) is 36.3 Å². The summed E-state index contributed by atoms with van der Waals surface area (Å²) in [5.74, 6) is -0.565. The normalized spacial score (nSPS) is 23.8. The SMILES string of the molecule is O=C(Cc1ccc(C2(C(F)(F)F)C=N2)cc1)OCCc1ccc(C2(C(F)(F)F)C=N2)cc1. The van der Waals surface area contributed by atoms with Crippen molar-refractivity contribution < 1.29 is 35.9 Å². The Hall–Kier alpha value is -3.17. The third-order valence-electron chi connectivity index (χ3n) is 5.43. The number of benzene rings is 2. The van der Waals surface area contributed by atoms with Crippen molar-refractivity contribution in [3.63, 3.8) is 0 Å². The highest BCUT2D eigenvalue weighted by Gasteiger charge is 2.62. The highest BCUT2D eigenvalue weighted by molar-refractivity contribution is 5.88. The van der Waals surface area contributed by atoms with Crippen LogP contribution >= 0.6 is 0 Å². The van der Waals surface area contributed by atoms with E-state index in [0.717, 1.165) is 12.4 Å². The van der Waals surface area contributed by atoms with Gasteiger partial charge in [-0.15, -0.1) is 0 Å². The molecule has 4 nitrogen and oxygen atoms in total. The third-order valence-corrected chi connectivity index (χ3v) is 5.43. The Bertz CT molecular complexity index is 1060. The molecule has 0 saturated carbocycles. The number of hydrogen-bond donors (Lipinski definition) is 0. The maximum atomic E-state index is 13.1. The second-order valence-electron chi connectivity index (χ2n) is 7.59. The molecule has 0 bridgehead atoms. The molecule has 32 heavy (non-hydrogen) atoms. The van der Waals surface area contributed by atoms with Crippen LogP contribution in [-0.4, -0.2) is 37.4 Å². The molecule has 2 heterocycles. The van der Waals surface area contributed by atoms with Gasteiger partial charge in [-0.25, -0.2) is 0 Å². The zero-order chi connectivity index (χ0) is 23.2. The van der Waals surface area contributed by atoms with Crippen LogP contribution in [-0.2, 0) is 33.5 Å². The van der Waals surface area contributed by atoms with Gasteiger partial charge in [0.25, 0.3) is 0 Å². The molecule has 2 aliphatic rings. The van der Waals surface area contributed by atoms with Gasteiger partial charge in [-0.2, -0.15) is 26.3 Å². The highest BCUT2D eigenvalue weighted by atomic mass is 19.4. The maximum absolute atomic E-state index is 13.1. The van der Waals surface area contributed by atoms with E-state index in [2.05, 4.69) is 9.98 Å². The Kier molecular flexibility index (Phi) is 5.14. The summed E-state index contributed by atoms with van der Waals surface area (Å²) < 4.78 is 83.4. The van der Waals surface area contributed by atoms with Crippen molar-refractivity contribution in [3.8, 4) is 0 Å². The van der Waals surface area contributed by atoms with Crippen LogP contribution in [0, 0.1) is 0 Å². The smallest absolute Gasteiger partial charge is 0.422 e. The molecule has 0 fully saturated rings. The van der Waals surface area contributed by atoms with E-state index in [9.17, 15) is 31.1 Å². The number of carbonyl (C=O) groups excluding carboxylic acids is 1. The van der Waals surface area contributed by atoms with Crippen LogP contribution in [0.3, 0.4) is 0 Å². The summed E-state index contributed by atoms with van der Waals surface area (Å²) in [6.45, 7) is 0.0161. The number of rotatable bonds is 7. The predicted octanol–water partition coefficient (Wildman–Crippen LogP) is 4.70. The minimum absolute atomic E-state index is 0.0161. The number of nitrogens with zero attached hydrogens (tertiary/aromatic N) is 2. The van der Waals surface area contributed by atoms with Crippen molar-refractivity contribution in [2.75, 3.05) is 6.61 Å². The first-order chi connectivity index (χ1) is 15.0. The average molecular weight is 454 g/mol. The third kappa shape index (κ3) is 4.01. The minimum Gasteiger partial charge on any atom is -0.465 e. The van der Waals surface area contributed by atoms with Crippen LogP contribution in [0.1, 0.15) is 22.3 Å². The van der Waals surface area contributed by atoms with Gasteiger partial charge >= 0.3 is 18.3 Å². The van der Waals surface area contributed by atoms with E-state index >= 15 is 0 Å². The number of esters is 1. The van der Waals surface area contributed by atoms with Crippen LogP contribution in [0.5, 0.6) is 0 Å². The standard InChI is InChI=1S/C22H16F6N2O2/c23-21(24,25)19(12-29-19)16-5-1-14(2-6-16)9-10-32-18(31)11-15-3-7-17(8-4-15)20(13-30-20)22(26,27)28/h1-8,12-13H,9-11H2. The molecule has 4 rings (SSSR count). The second kappa shape index (κ2) is 7.46. The molecular weight excluding hydrogens is 438 g/mol. The van der Waals surface area contributed by atoms with Crippen LogP contribution in [0.15, 0.2) is 58.5 Å². The first kappa shape index (κ1) is 22.0. The van der Waals surface area contributed by atoms with Crippen LogP contribution in [0.25, 0.3) is 0 Å². The molecule has 10 heteroatoms. The summed E-state index contributed by atoms with van der Waals surface area (Å²) in [5.41, 5.74) is -3.30. The Morgan fingerprint density at radius 2 is 1.16 bits per heavy atom. The summed E-state index contributed by atoms with van der Waals surface area (Å²) in [6, 6.07) is 11.1. The van der Waals surface area contributed by atoms with Gasteiger partial charge in [0.2, 0.25) is 11.1 Å². The molecule has 2 atom stereocenters. The van der Waals surface area contributed by atoms with Crippen LogP contribution in [0.2, 0.25) is 0 Å². The Morgan fingerprint density at radius 1 is 0.750 bits per heavy atom. The van der Waals surface area contributed by atoms with Crippen molar-refractivity contribution >= 4 is 18.4 Å². The molecule has 0 radical (unpaired) electrons. The van der Waals surface area contributed by atoms with Crippen molar-refractivity contribution in [2.24, 2.45) is 9.98 Å². The molecule has 2 aromatic carbocycles. The van der Waals surface area contributed by atoms with Gasteiger partial charge in [0.05, 0.1) is 13.0 Å². The molecule has 2 aliphatic heterocycles. The Morgan fingerprint density at radius 3 is 1.53 bits per heavy atom. The number of carbonyl (C=O) groups is 1. The Labute approximate surface area is 178 Å². The van der Waals surface area contributed by atoms with E-state index in [4.69, 9.17) is 4.74 Å². The van der Waals surface area contributed by atoms with E-state index < -0.39 is 29.4 Å². The van der Waals surface area contributed by atoms with Gasteiger partial charge < -0.3 is 4.74 Å². The molecule has 0 amide bonds. The molecule has 0 N–H and O–H groups in total. The first-order valence-electron chi connectivity index (χ1n) is 9.58. The lowest BCUT2D eigenvalue weighted by molar-refractivity contribution is -0.156. The number of hydrogen-bond acceptors (Lipinski definition) is 4. The number of halogens is 6. The van der Waals surface area contributed by atoms with Gasteiger partial charge in [0.15, 0.2) is 0 Å². The lowest BCUT2D eigenvalue weighted by atomic mass is 9.95. The first-order valence-corrected chi connectivity index (χ1v) is 9.58. The summed E-state index contributed by atoms with van der Waals surface area (Å²) in [5, 5.41) is 0. The number of alkyl halides is 6. The van der Waals surface area contributed by atoms with Gasteiger partial charge in [0.1, 0.15) is 0 Å². The maximum Gasteiger partial charge on any atom is 0.422 e. The topological polar surface area (TPSA) is 51.0 Å². The second-order valence-corrected chi connectivity index (χ2v) is 7.59. The average Bonchev–Trinajstić information content (AvgIpc) is 3.61. The zero-order valence-corrected chi connectivity index (χ0v) is 16.4. The molecule has 0 saturated heterocycles. The molecule has 0 aliphatic carbocycles. The lowest BCUT2D eigenvalue weighted by Gasteiger charge is -2.18. The van der Waals surface area contributed by atoms with E-state index in [0.29, 0.717) is 17.5 Å². The summed E-state index contributed by atoms with van der Waals surface area (Å²) in [7, 11) is 0. The number of aliphatic imine (C=N–C) groups is 2. The molecule has 0 spiro atoms. The highest BCUT2D eigenvalue weighted by Crippen LogP contribution is 2.48. The van der Waals surface area contributed by atoms with Crippen LogP contribution < -0.4 is 0 Å². The predicted molar refractivity (Wildman–Crippen MR) is 104 cm³/mol. The van der Waals surface area contributed by atoms with Gasteiger partial charge in [-0.05, 0) is 22.3 Å². The summed E-state index contributed by atoms with van der Waals surface area (Å²) in [4.78, 5) is 18.7. The largest absolute Gasteiger partial charge is 0.465 e. The molecule has 2 aromatic rings. The van der Waals surface area contributed by atoms with Crippen molar-refractivity contribution in [3.05, 3.63) is 70.8 Å². The molecular formula is C22H16F6N2O2. The minimum atomic E-state index is -4.51. The van der Waals surface area contributed by atoms with E-state index in [1.54, 1.807) is 0 Å². The van der Waals surface area contributed by atoms with Gasteiger partial charge in [-0.1, -0.05) is 48.5 Å². The Balaban J connectivity index is 1.25. The molecule has 0 aromatic heterocycles.